The lowest BCUT2D eigenvalue weighted by atomic mass is 9.99. The number of carbonyl (C=O) groups excluding carboxylic acids is 1. The average molecular weight is 349 g/mol. The van der Waals surface area contributed by atoms with Gasteiger partial charge >= 0.3 is 0 Å². The third-order valence-electron chi connectivity index (χ3n) is 5.64. The Hall–Kier alpha value is -1.10. The number of hydrogen-bond acceptors (Lipinski definition) is 3. The molecule has 1 saturated carbocycles. The molecular weight excluding hydrogens is 324 g/mol. The Labute approximate surface area is 148 Å². The maximum Gasteiger partial charge on any atom is 0.251 e. The van der Waals surface area contributed by atoms with Gasteiger partial charge < -0.3 is 15.0 Å². The molecule has 2 heterocycles. The van der Waals surface area contributed by atoms with E-state index in [1.807, 2.05) is 17.0 Å². The van der Waals surface area contributed by atoms with Crippen LogP contribution in [0.3, 0.4) is 0 Å². The average Bonchev–Trinajstić information content (AvgIpc) is 3.18. The normalized spacial score (nSPS) is 26.5. The molecule has 0 unspecified atom stereocenters. The van der Waals surface area contributed by atoms with E-state index in [0.29, 0.717) is 6.04 Å². The van der Waals surface area contributed by atoms with Crippen molar-refractivity contribution in [3.63, 3.8) is 0 Å². The van der Waals surface area contributed by atoms with Crippen molar-refractivity contribution >= 4 is 17.5 Å². The van der Waals surface area contributed by atoms with Gasteiger partial charge in [0.2, 0.25) is 0 Å². The highest BCUT2D eigenvalue weighted by Crippen LogP contribution is 2.46. The molecule has 1 aromatic rings. The standard InChI is InChI=1S/C19H25ClN2O2/c20-15-5-3-14(4-6-15)19(9-10-19)21-16-7-11-22(12-8-16)18(23)17-2-1-13-24-17/h3-6,16-17,21H,1-2,7-13H2/t17-/m0/s1. The monoisotopic (exact) mass is 348 g/mol. The number of halogens is 1. The first-order valence-electron chi connectivity index (χ1n) is 9.10. The molecule has 3 aliphatic rings. The third kappa shape index (κ3) is 3.32. The van der Waals surface area contributed by atoms with Crippen LogP contribution in [0.4, 0.5) is 0 Å². The number of carbonyl (C=O) groups is 1. The zero-order valence-corrected chi connectivity index (χ0v) is 14.7. The van der Waals surface area contributed by atoms with E-state index < -0.39 is 0 Å². The van der Waals surface area contributed by atoms with Crippen molar-refractivity contribution in [2.24, 2.45) is 0 Å². The minimum Gasteiger partial charge on any atom is -0.368 e. The molecule has 4 nitrogen and oxygen atoms in total. The molecule has 2 aliphatic heterocycles. The Morgan fingerprint density at radius 2 is 1.88 bits per heavy atom. The number of hydrogen-bond donors (Lipinski definition) is 1. The van der Waals surface area contributed by atoms with Crippen molar-refractivity contribution in [1.29, 1.82) is 0 Å². The highest BCUT2D eigenvalue weighted by molar-refractivity contribution is 6.30. The van der Waals surface area contributed by atoms with E-state index in [0.717, 1.165) is 50.4 Å². The second-order valence-corrected chi connectivity index (χ2v) is 7.77. The number of rotatable bonds is 4. The maximum absolute atomic E-state index is 12.4. The van der Waals surface area contributed by atoms with Crippen LogP contribution < -0.4 is 5.32 Å². The van der Waals surface area contributed by atoms with Crippen molar-refractivity contribution in [3.8, 4) is 0 Å². The van der Waals surface area contributed by atoms with Crippen LogP contribution in [0.15, 0.2) is 24.3 Å². The van der Waals surface area contributed by atoms with Crippen LogP contribution in [-0.4, -0.2) is 42.6 Å². The van der Waals surface area contributed by atoms with Crippen LogP contribution in [0.5, 0.6) is 0 Å². The fourth-order valence-electron chi connectivity index (χ4n) is 4.02. The first-order chi connectivity index (χ1) is 11.7. The molecule has 1 aromatic carbocycles. The summed E-state index contributed by atoms with van der Waals surface area (Å²) in [5, 5.41) is 4.65. The molecule has 5 heteroatoms. The lowest BCUT2D eigenvalue weighted by molar-refractivity contribution is -0.142. The van der Waals surface area contributed by atoms with Gasteiger partial charge in [0, 0.05) is 36.3 Å². The smallest absolute Gasteiger partial charge is 0.251 e. The van der Waals surface area contributed by atoms with Crippen LogP contribution in [-0.2, 0) is 15.1 Å². The number of nitrogens with zero attached hydrogens (tertiary/aromatic N) is 1. The Kier molecular flexibility index (Phi) is 4.54. The lowest BCUT2D eigenvalue weighted by Crippen LogP contribution is -2.50. The summed E-state index contributed by atoms with van der Waals surface area (Å²) in [5.41, 5.74) is 1.47. The number of nitrogens with one attached hydrogen (secondary N) is 1. The molecule has 1 N–H and O–H groups in total. The predicted molar refractivity (Wildman–Crippen MR) is 94.1 cm³/mol. The minimum absolute atomic E-state index is 0.135. The molecule has 1 atom stereocenters. The fourth-order valence-corrected chi connectivity index (χ4v) is 4.15. The maximum atomic E-state index is 12.4. The highest BCUT2D eigenvalue weighted by atomic mass is 35.5. The largest absolute Gasteiger partial charge is 0.368 e. The van der Waals surface area contributed by atoms with Crippen LogP contribution in [0.25, 0.3) is 0 Å². The van der Waals surface area contributed by atoms with Gasteiger partial charge in [-0.15, -0.1) is 0 Å². The van der Waals surface area contributed by atoms with Gasteiger partial charge in [-0.3, -0.25) is 4.79 Å². The number of benzene rings is 1. The summed E-state index contributed by atoms with van der Waals surface area (Å²) in [4.78, 5) is 14.4. The van der Waals surface area contributed by atoms with E-state index in [4.69, 9.17) is 16.3 Å². The summed E-state index contributed by atoms with van der Waals surface area (Å²) in [6.07, 6.45) is 6.13. The summed E-state index contributed by atoms with van der Waals surface area (Å²) in [6.45, 7) is 2.41. The molecule has 2 saturated heterocycles. The Morgan fingerprint density at radius 3 is 2.46 bits per heavy atom. The molecule has 0 bridgehead atoms. The molecule has 0 radical (unpaired) electrons. The van der Waals surface area contributed by atoms with Gasteiger partial charge in [0.25, 0.3) is 5.91 Å². The lowest BCUT2D eigenvalue weighted by Gasteiger charge is -2.36. The summed E-state index contributed by atoms with van der Waals surface area (Å²) in [5.74, 6) is 0.199. The zero-order chi connectivity index (χ0) is 16.6. The van der Waals surface area contributed by atoms with E-state index in [-0.39, 0.29) is 17.6 Å². The van der Waals surface area contributed by atoms with E-state index in [1.54, 1.807) is 0 Å². The van der Waals surface area contributed by atoms with E-state index >= 15 is 0 Å². The zero-order valence-electron chi connectivity index (χ0n) is 14.0. The molecule has 0 aromatic heterocycles. The van der Waals surface area contributed by atoms with Crippen LogP contribution in [0.2, 0.25) is 5.02 Å². The molecule has 0 spiro atoms. The first-order valence-corrected chi connectivity index (χ1v) is 9.48. The first kappa shape index (κ1) is 16.4. The van der Waals surface area contributed by atoms with E-state index in [2.05, 4.69) is 17.4 Å². The third-order valence-corrected chi connectivity index (χ3v) is 5.89. The Morgan fingerprint density at radius 1 is 1.17 bits per heavy atom. The second-order valence-electron chi connectivity index (χ2n) is 7.33. The summed E-state index contributed by atoms with van der Waals surface area (Å²) < 4.78 is 5.54. The molecule has 130 valence electrons. The molecule has 24 heavy (non-hydrogen) atoms. The number of likely N-dealkylation sites (tertiary alicyclic amines) is 1. The van der Waals surface area contributed by atoms with Gasteiger partial charge in [-0.1, -0.05) is 23.7 Å². The highest BCUT2D eigenvalue weighted by Gasteiger charge is 2.45. The van der Waals surface area contributed by atoms with E-state index in [1.165, 1.54) is 18.4 Å². The van der Waals surface area contributed by atoms with Crippen LogP contribution in [0, 0.1) is 0 Å². The number of ether oxygens (including phenoxy) is 1. The van der Waals surface area contributed by atoms with Gasteiger partial charge in [-0.25, -0.2) is 0 Å². The summed E-state index contributed by atoms with van der Waals surface area (Å²) in [6, 6.07) is 8.71. The SMILES string of the molecule is O=C([C@@H]1CCCO1)N1CCC(NC2(c3ccc(Cl)cc3)CC2)CC1. The van der Waals surface area contributed by atoms with Gasteiger partial charge in [0.1, 0.15) is 6.10 Å². The quantitative estimate of drug-likeness (QED) is 0.909. The molecule has 3 fully saturated rings. The Bertz CT molecular complexity index is 586. The molecule has 4 rings (SSSR count). The van der Waals surface area contributed by atoms with Crippen LogP contribution in [0.1, 0.15) is 44.1 Å². The predicted octanol–water partition coefficient (Wildman–Crippen LogP) is 3.09. The fraction of sp³-hybridized carbons (Fsp3) is 0.632. The molecule has 1 aliphatic carbocycles. The van der Waals surface area contributed by atoms with Crippen LogP contribution >= 0.6 is 11.6 Å². The summed E-state index contributed by atoms with van der Waals surface area (Å²) in [7, 11) is 0. The van der Waals surface area contributed by atoms with Crippen molar-refractivity contribution < 1.29 is 9.53 Å². The van der Waals surface area contributed by atoms with Crippen molar-refractivity contribution in [2.45, 2.75) is 56.2 Å². The molecule has 1 amide bonds. The Balaban J connectivity index is 1.31. The van der Waals surface area contributed by atoms with Gasteiger partial charge in [-0.2, -0.15) is 0 Å². The summed E-state index contributed by atoms with van der Waals surface area (Å²) >= 11 is 6.01. The second kappa shape index (κ2) is 6.66. The van der Waals surface area contributed by atoms with Crippen molar-refractivity contribution in [3.05, 3.63) is 34.9 Å². The van der Waals surface area contributed by atoms with E-state index in [9.17, 15) is 4.79 Å². The number of amides is 1. The number of piperidine rings is 1. The van der Waals surface area contributed by atoms with Gasteiger partial charge in [-0.05, 0) is 56.2 Å². The van der Waals surface area contributed by atoms with Gasteiger partial charge in [0.05, 0.1) is 0 Å². The van der Waals surface area contributed by atoms with Crippen molar-refractivity contribution in [1.82, 2.24) is 10.2 Å². The minimum atomic E-state index is -0.182. The molecular formula is C19H25ClN2O2. The topological polar surface area (TPSA) is 41.6 Å². The van der Waals surface area contributed by atoms with Gasteiger partial charge in [0.15, 0.2) is 0 Å². The van der Waals surface area contributed by atoms with Crippen molar-refractivity contribution in [2.75, 3.05) is 19.7 Å².